The van der Waals surface area contributed by atoms with Crippen LogP contribution in [0.4, 0.5) is 0 Å². The first-order chi connectivity index (χ1) is 10.7. The average molecular weight is 318 g/mol. The molecule has 0 radical (unpaired) electrons. The van der Waals surface area contributed by atoms with Gasteiger partial charge in [0.1, 0.15) is 5.54 Å². The van der Waals surface area contributed by atoms with Crippen molar-refractivity contribution in [2.75, 3.05) is 6.61 Å². The summed E-state index contributed by atoms with van der Waals surface area (Å²) in [4.78, 5) is 12.6. The molecule has 4 nitrogen and oxygen atoms in total. The van der Waals surface area contributed by atoms with E-state index in [1.807, 2.05) is 20.8 Å². The van der Waals surface area contributed by atoms with Crippen molar-refractivity contribution < 1.29 is 9.53 Å². The normalized spacial score (nSPS) is 26.0. The third kappa shape index (κ3) is 3.29. The van der Waals surface area contributed by atoms with E-state index in [1.165, 1.54) is 5.56 Å². The molecule has 0 spiro atoms. The Labute approximate surface area is 139 Å². The number of amides is 1. The largest absolute Gasteiger partial charge is 0.378 e. The molecule has 0 aliphatic heterocycles. The fourth-order valence-corrected chi connectivity index (χ4v) is 3.18. The first kappa shape index (κ1) is 18.0. The predicted molar refractivity (Wildman–Crippen MR) is 93.1 cm³/mol. The van der Waals surface area contributed by atoms with Crippen LogP contribution in [0.1, 0.15) is 58.1 Å². The topological polar surface area (TPSA) is 64.3 Å². The van der Waals surface area contributed by atoms with Crippen LogP contribution in [0.5, 0.6) is 0 Å². The number of hydrogen-bond donors (Lipinski definition) is 2. The quantitative estimate of drug-likeness (QED) is 0.847. The van der Waals surface area contributed by atoms with Gasteiger partial charge in [0.25, 0.3) is 0 Å². The summed E-state index contributed by atoms with van der Waals surface area (Å²) in [6.07, 6.45) is 0.625. The zero-order valence-electron chi connectivity index (χ0n) is 15.0. The third-order valence-corrected chi connectivity index (χ3v) is 5.33. The van der Waals surface area contributed by atoms with E-state index in [4.69, 9.17) is 10.5 Å². The third-order valence-electron chi connectivity index (χ3n) is 5.33. The molecule has 1 aromatic rings. The second kappa shape index (κ2) is 6.62. The smallest absolute Gasteiger partial charge is 0.241 e. The molecule has 1 aliphatic rings. The van der Waals surface area contributed by atoms with Crippen LogP contribution in [0.15, 0.2) is 24.3 Å². The number of nitrogens with two attached hydrogens (primary N) is 1. The molecular formula is C19H30N2O2. The van der Waals surface area contributed by atoms with Gasteiger partial charge in [-0.25, -0.2) is 0 Å². The molecule has 4 heteroatoms. The lowest BCUT2D eigenvalue weighted by atomic mass is 9.54. The Morgan fingerprint density at radius 1 is 1.35 bits per heavy atom. The predicted octanol–water partition coefficient (Wildman–Crippen LogP) is 2.96. The summed E-state index contributed by atoms with van der Waals surface area (Å²) in [5, 5.41) is 2.99. The van der Waals surface area contributed by atoms with E-state index < -0.39 is 5.54 Å². The van der Waals surface area contributed by atoms with Crippen LogP contribution in [0, 0.1) is 5.41 Å². The van der Waals surface area contributed by atoms with E-state index >= 15 is 0 Å². The number of carbonyl (C=O) groups excluding carboxylic acids is 1. The Bertz CT molecular complexity index is 551. The molecule has 0 saturated heterocycles. The highest BCUT2D eigenvalue weighted by atomic mass is 16.5. The number of benzene rings is 1. The zero-order valence-corrected chi connectivity index (χ0v) is 15.0. The van der Waals surface area contributed by atoms with Gasteiger partial charge in [0.15, 0.2) is 0 Å². The second-order valence-electron chi connectivity index (χ2n) is 7.42. The van der Waals surface area contributed by atoms with Crippen LogP contribution in [-0.4, -0.2) is 24.2 Å². The summed E-state index contributed by atoms with van der Waals surface area (Å²) in [7, 11) is 0. The Hall–Kier alpha value is -1.39. The second-order valence-corrected chi connectivity index (χ2v) is 7.42. The number of hydrogen-bond acceptors (Lipinski definition) is 3. The molecule has 2 rings (SSSR count). The fourth-order valence-electron chi connectivity index (χ4n) is 3.18. The number of nitrogens with one attached hydrogen (secondary N) is 1. The molecule has 128 valence electrons. The van der Waals surface area contributed by atoms with Crippen LogP contribution in [-0.2, 0) is 16.1 Å². The first-order valence-electron chi connectivity index (χ1n) is 8.50. The van der Waals surface area contributed by atoms with Gasteiger partial charge >= 0.3 is 0 Å². The summed E-state index contributed by atoms with van der Waals surface area (Å²) >= 11 is 0. The molecule has 1 aliphatic carbocycles. The molecule has 0 bridgehead atoms. The van der Waals surface area contributed by atoms with E-state index in [-0.39, 0.29) is 17.4 Å². The van der Waals surface area contributed by atoms with Gasteiger partial charge in [0, 0.05) is 25.0 Å². The first-order valence-corrected chi connectivity index (χ1v) is 8.50. The van der Waals surface area contributed by atoms with Crippen LogP contribution in [0.3, 0.4) is 0 Å². The minimum absolute atomic E-state index is 0.0496. The van der Waals surface area contributed by atoms with E-state index in [0.29, 0.717) is 25.5 Å². The lowest BCUT2D eigenvalue weighted by Gasteiger charge is -2.57. The monoisotopic (exact) mass is 318 g/mol. The minimum Gasteiger partial charge on any atom is -0.378 e. The highest BCUT2D eigenvalue weighted by Gasteiger charge is 2.62. The summed E-state index contributed by atoms with van der Waals surface area (Å²) in [6, 6.07) is 8.35. The van der Waals surface area contributed by atoms with Crippen LogP contribution < -0.4 is 11.1 Å². The SMILES string of the molecule is CCOC1CC(N)(C(=O)NCc2ccc(C(C)C)cc2)C1(C)C. The van der Waals surface area contributed by atoms with E-state index in [9.17, 15) is 4.79 Å². The van der Waals surface area contributed by atoms with Crippen molar-refractivity contribution >= 4 is 5.91 Å². The van der Waals surface area contributed by atoms with Gasteiger partial charge in [-0.05, 0) is 24.0 Å². The molecule has 3 N–H and O–H groups in total. The van der Waals surface area contributed by atoms with Crippen molar-refractivity contribution in [2.24, 2.45) is 11.1 Å². The fraction of sp³-hybridized carbons (Fsp3) is 0.632. The minimum atomic E-state index is -0.856. The van der Waals surface area contributed by atoms with Crippen LogP contribution in [0.2, 0.25) is 0 Å². The highest BCUT2D eigenvalue weighted by molar-refractivity contribution is 5.88. The van der Waals surface area contributed by atoms with Crippen molar-refractivity contribution in [3.63, 3.8) is 0 Å². The number of carbonyl (C=O) groups is 1. The summed E-state index contributed by atoms with van der Waals surface area (Å²) < 4.78 is 5.68. The van der Waals surface area contributed by atoms with Crippen LogP contribution in [0.25, 0.3) is 0 Å². The van der Waals surface area contributed by atoms with Crippen molar-refractivity contribution in [3.8, 4) is 0 Å². The van der Waals surface area contributed by atoms with Gasteiger partial charge in [-0.3, -0.25) is 4.79 Å². The molecule has 23 heavy (non-hydrogen) atoms. The molecule has 0 heterocycles. The van der Waals surface area contributed by atoms with E-state index in [2.05, 4.69) is 43.4 Å². The summed E-state index contributed by atoms with van der Waals surface area (Å²) in [5.74, 6) is 0.420. The van der Waals surface area contributed by atoms with Crippen molar-refractivity contribution in [3.05, 3.63) is 35.4 Å². The van der Waals surface area contributed by atoms with Gasteiger partial charge in [-0.2, -0.15) is 0 Å². The lowest BCUT2D eigenvalue weighted by molar-refractivity contribution is -0.170. The molecule has 0 aromatic heterocycles. The van der Waals surface area contributed by atoms with Crippen molar-refractivity contribution in [1.82, 2.24) is 5.32 Å². The van der Waals surface area contributed by atoms with E-state index in [0.717, 1.165) is 5.56 Å². The van der Waals surface area contributed by atoms with Gasteiger partial charge < -0.3 is 15.8 Å². The van der Waals surface area contributed by atoms with Gasteiger partial charge in [-0.1, -0.05) is 52.0 Å². The number of rotatable bonds is 6. The maximum atomic E-state index is 12.6. The maximum Gasteiger partial charge on any atom is 0.241 e. The Kier molecular flexibility index (Phi) is 5.17. The lowest BCUT2D eigenvalue weighted by Crippen LogP contribution is -2.75. The standard InChI is InChI=1S/C19H30N2O2/c1-6-23-16-11-19(20,18(16,4)5)17(22)21-12-14-7-9-15(10-8-14)13(2)3/h7-10,13,16H,6,11-12,20H2,1-5H3,(H,21,22). The maximum absolute atomic E-state index is 12.6. The molecule has 1 fully saturated rings. The summed E-state index contributed by atoms with van der Waals surface area (Å²) in [6.45, 7) is 11.5. The molecule has 2 atom stereocenters. The van der Waals surface area contributed by atoms with E-state index in [1.54, 1.807) is 0 Å². The van der Waals surface area contributed by atoms with Crippen molar-refractivity contribution in [1.29, 1.82) is 0 Å². The molecule has 1 saturated carbocycles. The Morgan fingerprint density at radius 3 is 2.43 bits per heavy atom. The van der Waals surface area contributed by atoms with Gasteiger partial charge in [0.05, 0.1) is 6.10 Å². The average Bonchev–Trinajstić information content (AvgIpc) is 2.52. The van der Waals surface area contributed by atoms with Crippen molar-refractivity contribution in [2.45, 2.75) is 65.1 Å². The molecule has 1 aromatic carbocycles. The van der Waals surface area contributed by atoms with Crippen LogP contribution >= 0.6 is 0 Å². The highest BCUT2D eigenvalue weighted by Crippen LogP contribution is 2.49. The Morgan fingerprint density at radius 2 is 1.96 bits per heavy atom. The molecular weight excluding hydrogens is 288 g/mol. The van der Waals surface area contributed by atoms with Gasteiger partial charge in [0.2, 0.25) is 5.91 Å². The van der Waals surface area contributed by atoms with Gasteiger partial charge in [-0.15, -0.1) is 0 Å². The zero-order chi connectivity index (χ0) is 17.3. The number of ether oxygens (including phenoxy) is 1. The molecule has 2 unspecified atom stereocenters. The molecule has 1 amide bonds. The summed E-state index contributed by atoms with van der Waals surface area (Å²) in [5.41, 5.74) is 7.56. The Balaban J connectivity index is 1.95.